The van der Waals surface area contributed by atoms with E-state index in [9.17, 15) is 4.39 Å². The Hall–Kier alpha value is -0.890. The first-order chi connectivity index (χ1) is 5.83. The summed E-state index contributed by atoms with van der Waals surface area (Å²) < 4.78 is 14.3. The lowest BCUT2D eigenvalue weighted by Gasteiger charge is -1.99. The molecule has 0 aliphatic rings. The minimum atomic E-state index is -0.0370. The van der Waals surface area contributed by atoms with Crippen LogP contribution < -0.4 is 0 Å². The van der Waals surface area contributed by atoms with Crippen molar-refractivity contribution in [3.63, 3.8) is 0 Å². The topological polar surface area (TPSA) is 0 Å². The van der Waals surface area contributed by atoms with Gasteiger partial charge in [0.1, 0.15) is 5.82 Å². The molecule has 0 spiro atoms. The highest BCUT2D eigenvalue weighted by Crippen LogP contribution is 2.26. The van der Waals surface area contributed by atoms with Gasteiger partial charge in [0.25, 0.3) is 0 Å². The van der Waals surface area contributed by atoms with Crippen molar-refractivity contribution >= 4 is 21.4 Å². The van der Waals surface area contributed by atoms with Gasteiger partial charge >= 0.3 is 0 Å². The van der Waals surface area contributed by atoms with Gasteiger partial charge < -0.3 is 0 Å². The van der Waals surface area contributed by atoms with Crippen LogP contribution in [0.1, 0.15) is 12.5 Å². The molecule has 0 bridgehead atoms. The van der Waals surface area contributed by atoms with Crippen LogP contribution in [-0.4, -0.2) is 0 Å². The van der Waals surface area contributed by atoms with Gasteiger partial charge in [-0.3, -0.25) is 0 Å². The van der Waals surface area contributed by atoms with Crippen molar-refractivity contribution in [3.05, 3.63) is 35.0 Å². The lowest BCUT2D eigenvalue weighted by atomic mass is 10.1. The second-order valence-corrected chi connectivity index (χ2v) is 3.65. The summed E-state index contributed by atoms with van der Waals surface area (Å²) in [5.41, 5.74) is 0.810. The maximum Gasteiger partial charge on any atom is 0.144 e. The second-order valence-electron chi connectivity index (χ2n) is 2.73. The fraction of sp³-hybridized carbons (Fsp3) is 0.200. The average Bonchev–Trinajstić information content (AvgIpc) is 2.53. The Morgan fingerprint density at radius 2 is 2.17 bits per heavy atom. The van der Waals surface area contributed by atoms with Gasteiger partial charge in [0.15, 0.2) is 0 Å². The summed E-state index contributed by atoms with van der Waals surface area (Å²) in [5, 5.41) is 2.93. The third kappa shape index (κ3) is 1.03. The van der Waals surface area contributed by atoms with Crippen molar-refractivity contribution in [2.75, 3.05) is 0 Å². The zero-order valence-electron chi connectivity index (χ0n) is 6.80. The highest BCUT2D eigenvalue weighted by atomic mass is 32.1. The smallest absolute Gasteiger partial charge is 0.144 e. The average molecular weight is 180 g/mol. The van der Waals surface area contributed by atoms with Crippen LogP contribution in [-0.2, 0) is 6.42 Å². The van der Waals surface area contributed by atoms with Crippen molar-refractivity contribution in [1.29, 1.82) is 0 Å². The van der Waals surface area contributed by atoms with E-state index in [0.29, 0.717) is 0 Å². The molecule has 2 aromatic rings. The van der Waals surface area contributed by atoms with Crippen LogP contribution in [0.4, 0.5) is 4.39 Å². The van der Waals surface area contributed by atoms with Crippen molar-refractivity contribution in [1.82, 2.24) is 0 Å². The van der Waals surface area contributed by atoms with Crippen molar-refractivity contribution in [3.8, 4) is 0 Å². The zero-order valence-corrected chi connectivity index (χ0v) is 7.62. The largest absolute Gasteiger partial charge is 0.205 e. The van der Waals surface area contributed by atoms with E-state index in [1.165, 1.54) is 11.3 Å². The molecule has 2 rings (SSSR count). The molecule has 0 atom stereocenters. The summed E-state index contributed by atoms with van der Waals surface area (Å²) >= 11 is 1.47. The SMILES string of the molecule is CCc1ccc2ccsc2c1F. The summed E-state index contributed by atoms with van der Waals surface area (Å²) in [6, 6.07) is 5.79. The summed E-state index contributed by atoms with van der Waals surface area (Å²) in [7, 11) is 0. The number of hydrogen-bond donors (Lipinski definition) is 0. The van der Waals surface area contributed by atoms with E-state index < -0.39 is 0 Å². The Kier molecular flexibility index (Phi) is 1.85. The monoisotopic (exact) mass is 180 g/mol. The molecule has 0 saturated carbocycles. The predicted octanol–water partition coefficient (Wildman–Crippen LogP) is 3.60. The van der Waals surface area contributed by atoms with E-state index in [0.717, 1.165) is 22.1 Å². The minimum absolute atomic E-state index is 0.0370. The third-order valence-corrected chi connectivity index (χ3v) is 2.94. The van der Waals surface area contributed by atoms with Crippen molar-refractivity contribution in [2.45, 2.75) is 13.3 Å². The van der Waals surface area contributed by atoms with E-state index >= 15 is 0 Å². The molecule has 0 amide bonds. The molecule has 2 heteroatoms. The van der Waals surface area contributed by atoms with Gasteiger partial charge in [-0.25, -0.2) is 4.39 Å². The highest BCUT2D eigenvalue weighted by Gasteiger charge is 2.05. The molecular formula is C10H9FS. The van der Waals surface area contributed by atoms with Crippen LogP contribution in [0.5, 0.6) is 0 Å². The van der Waals surface area contributed by atoms with Crippen LogP contribution in [0.25, 0.3) is 10.1 Å². The van der Waals surface area contributed by atoms with Gasteiger partial charge in [-0.15, -0.1) is 11.3 Å². The van der Waals surface area contributed by atoms with Gasteiger partial charge in [-0.2, -0.15) is 0 Å². The molecule has 0 fully saturated rings. The number of aryl methyl sites for hydroxylation is 1. The van der Waals surface area contributed by atoms with Crippen molar-refractivity contribution < 1.29 is 4.39 Å². The minimum Gasteiger partial charge on any atom is -0.205 e. The molecule has 12 heavy (non-hydrogen) atoms. The van der Waals surface area contributed by atoms with E-state index in [4.69, 9.17) is 0 Å². The summed E-state index contributed by atoms with van der Waals surface area (Å²) in [6.45, 7) is 1.97. The molecule has 1 aromatic heterocycles. The Morgan fingerprint density at radius 1 is 1.33 bits per heavy atom. The number of rotatable bonds is 1. The van der Waals surface area contributed by atoms with Gasteiger partial charge in [0, 0.05) is 0 Å². The van der Waals surface area contributed by atoms with Gasteiger partial charge in [-0.05, 0) is 28.8 Å². The van der Waals surface area contributed by atoms with Crippen molar-refractivity contribution in [2.24, 2.45) is 0 Å². The van der Waals surface area contributed by atoms with Gasteiger partial charge in [0.2, 0.25) is 0 Å². The lowest BCUT2D eigenvalue weighted by molar-refractivity contribution is 0.626. The highest BCUT2D eigenvalue weighted by molar-refractivity contribution is 7.17. The normalized spacial score (nSPS) is 10.8. The molecule has 0 unspecified atom stereocenters. The van der Waals surface area contributed by atoms with Crippen LogP contribution >= 0.6 is 11.3 Å². The Morgan fingerprint density at radius 3 is 2.92 bits per heavy atom. The van der Waals surface area contributed by atoms with Gasteiger partial charge in [0.05, 0.1) is 4.70 Å². The quantitative estimate of drug-likeness (QED) is 0.629. The fourth-order valence-electron chi connectivity index (χ4n) is 1.31. The van der Waals surface area contributed by atoms with E-state index in [1.54, 1.807) is 0 Å². The molecule has 0 aliphatic heterocycles. The van der Waals surface area contributed by atoms with Crippen LogP contribution in [0, 0.1) is 5.82 Å². The predicted molar refractivity (Wildman–Crippen MR) is 51.2 cm³/mol. The summed E-state index contributed by atoms with van der Waals surface area (Å²) in [4.78, 5) is 0. The second kappa shape index (κ2) is 2.87. The first kappa shape index (κ1) is 7.74. The number of fused-ring (bicyclic) bond motifs is 1. The van der Waals surface area contributed by atoms with Crippen LogP contribution in [0.3, 0.4) is 0 Å². The molecule has 1 heterocycles. The molecule has 0 radical (unpaired) electrons. The standard InChI is InChI=1S/C10H9FS/c1-2-7-3-4-8-5-6-12-10(8)9(7)11/h3-6H,2H2,1H3. The van der Waals surface area contributed by atoms with Crippen LogP contribution in [0.15, 0.2) is 23.6 Å². The third-order valence-electron chi connectivity index (χ3n) is 2.02. The Balaban J connectivity index is 2.78. The Bertz CT molecular complexity index is 403. The molecular weight excluding hydrogens is 171 g/mol. The first-order valence-electron chi connectivity index (χ1n) is 3.97. The summed E-state index contributed by atoms with van der Waals surface area (Å²) in [5.74, 6) is -0.0370. The first-order valence-corrected chi connectivity index (χ1v) is 4.85. The summed E-state index contributed by atoms with van der Waals surface area (Å²) in [6.07, 6.45) is 0.764. The molecule has 62 valence electrons. The molecule has 1 aromatic carbocycles. The maximum absolute atomic E-state index is 13.5. The van der Waals surface area contributed by atoms with E-state index in [-0.39, 0.29) is 5.82 Å². The van der Waals surface area contributed by atoms with E-state index in [2.05, 4.69) is 0 Å². The Labute approximate surface area is 74.6 Å². The zero-order chi connectivity index (χ0) is 8.55. The number of halogens is 1. The molecule has 0 nitrogen and oxygen atoms in total. The lowest BCUT2D eigenvalue weighted by Crippen LogP contribution is -1.85. The van der Waals surface area contributed by atoms with Gasteiger partial charge in [-0.1, -0.05) is 19.1 Å². The van der Waals surface area contributed by atoms with E-state index in [1.807, 2.05) is 30.5 Å². The molecule has 0 aliphatic carbocycles. The fourth-order valence-corrected chi connectivity index (χ4v) is 2.17. The van der Waals surface area contributed by atoms with Crippen LogP contribution in [0.2, 0.25) is 0 Å². The number of hydrogen-bond acceptors (Lipinski definition) is 1. The molecule has 0 saturated heterocycles. The number of benzene rings is 1. The molecule has 0 N–H and O–H groups in total. The maximum atomic E-state index is 13.5. The number of thiophene rings is 1.